The number of para-hydroxylation sites is 1. The Morgan fingerprint density at radius 2 is 1.64 bits per heavy atom. The lowest BCUT2D eigenvalue weighted by Gasteiger charge is -2.21. The molecule has 0 atom stereocenters. The number of aryl methyl sites for hydroxylation is 2. The number of fused-ring (bicyclic) bond motifs is 2. The fourth-order valence-corrected chi connectivity index (χ4v) is 7.46. The van der Waals surface area contributed by atoms with Crippen molar-refractivity contribution in [2.24, 2.45) is 0 Å². The molecule has 6 rings (SSSR count). The highest BCUT2D eigenvalue weighted by atomic mass is 32.2. The van der Waals surface area contributed by atoms with Gasteiger partial charge in [-0.1, -0.05) is 65.9 Å². The number of aromatic nitrogens is 1. The van der Waals surface area contributed by atoms with Gasteiger partial charge < -0.3 is 0 Å². The molecule has 2 heterocycles. The molecule has 5 aromatic rings. The van der Waals surface area contributed by atoms with Crippen LogP contribution in [0.4, 0.5) is 10.8 Å². The van der Waals surface area contributed by atoms with Gasteiger partial charge in [0.15, 0.2) is 5.13 Å². The Morgan fingerprint density at radius 3 is 2.41 bits per heavy atom. The molecule has 0 bridgehead atoms. The van der Waals surface area contributed by atoms with Crippen LogP contribution in [0.2, 0.25) is 0 Å². The van der Waals surface area contributed by atoms with Gasteiger partial charge in [-0.3, -0.25) is 14.0 Å². The zero-order valence-electron chi connectivity index (χ0n) is 21.7. The maximum Gasteiger partial charge on any atom is 0.264 e. The molecule has 196 valence electrons. The fourth-order valence-electron chi connectivity index (χ4n) is 4.93. The summed E-state index contributed by atoms with van der Waals surface area (Å²) in [6.07, 6.45) is 0.682. The number of hydrogen-bond acceptors (Lipinski definition) is 5. The first-order valence-corrected chi connectivity index (χ1v) is 15.0. The summed E-state index contributed by atoms with van der Waals surface area (Å²) in [5.74, 6) is -0.234. The Balaban J connectivity index is 1.34. The minimum absolute atomic E-state index is 0.163. The monoisotopic (exact) mass is 553 g/mol. The lowest BCUT2D eigenvalue weighted by Crippen LogP contribution is -2.31. The van der Waals surface area contributed by atoms with Gasteiger partial charge in [-0.2, -0.15) is 0 Å². The first kappa shape index (κ1) is 25.3. The fraction of sp³-hybridized carbons (Fsp3) is 0.161. The number of rotatable bonds is 6. The van der Waals surface area contributed by atoms with Crippen LogP contribution < -0.4 is 9.21 Å². The van der Waals surface area contributed by atoms with E-state index in [9.17, 15) is 13.2 Å². The Morgan fingerprint density at radius 1 is 0.923 bits per heavy atom. The Hall–Kier alpha value is -4.01. The van der Waals surface area contributed by atoms with E-state index in [1.165, 1.54) is 27.8 Å². The number of thiazole rings is 1. The molecule has 6 nitrogen and oxygen atoms in total. The predicted octanol–water partition coefficient (Wildman–Crippen LogP) is 6.51. The van der Waals surface area contributed by atoms with Crippen molar-refractivity contribution in [3.05, 3.63) is 119 Å². The van der Waals surface area contributed by atoms with Gasteiger partial charge in [0, 0.05) is 12.1 Å². The Kier molecular flexibility index (Phi) is 6.45. The van der Waals surface area contributed by atoms with E-state index >= 15 is 0 Å². The highest BCUT2D eigenvalue weighted by Crippen LogP contribution is 2.35. The summed E-state index contributed by atoms with van der Waals surface area (Å²) in [5, 5.41) is 0.609. The molecule has 0 aliphatic carbocycles. The van der Waals surface area contributed by atoms with Gasteiger partial charge in [0.05, 0.1) is 27.3 Å². The summed E-state index contributed by atoms with van der Waals surface area (Å²) in [5.41, 5.74) is 6.26. The highest BCUT2D eigenvalue weighted by molar-refractivity contribution is 7.92. The quantitative estimate of drug-likeness (QED) is 0.240. The number of sulfonamides is 1. The third kappa shape index (κ3) is 4.60. The maximum atomic E-state index is 13.9. The van der Waals surface area contributed by atoms with E-state index < -0.39 is 10.0 Å². The van der Waals surface area contributed by atoms with Crippen molar-refractivity contribution in [3.63, 3.8) is 0 Å². The number of benzene rings is 4. The van der Waals surface area contributed by atoms with Crippen molar-refractivity contribution in [2.75, 3.05) is 15.7 Å². The van der Waals surface area contributed by atoms with Crippen molar-refractivity contribution in [2.45, 2.75) is 31.7 Å². The summed E-state index contributed by atoms with van der Waals surface area (Å²) in [6, 6.07) is 27.7. The lowest BCUT2D eigenvalue weighted by atomic mass is 10.1. The summed E-state index contributed by atoms with van der Waals surface area (Å²) in [6.45, 7) is 4.85. The first-order valence-electron chi connectivity index (χ1n) is 12.8. The van der Waals surface area contributed by atoms with Gasteiger partial charge in [0.1, 0.15) is 0 Å². The van der Waals surface area contributed by atoms with Crippen LogP contribution in [0.5, 0.6) is 0 Å². The lowest BCUT2D eigenvalue weighted by molar-refractivity contribution is 0.0985. The van der Waals surface area contributed by atoms with Gasteiger partial charge in [0.25, 0.3) is 15.9 Å². The van der Waals surface area contributed by atoms with Crippen LogP contribution in [-0.4, -0.2) is 25.9 Å². The average molecular weight is 554 g/mol. The third-order valence-electron chi connectivity index (χ3n) is 7.27. The standard InChI is InChI=1S/C31H27N3O3S2/c1-21-12-17-28-29(22(21)2)32-31(38-28)33(20-23-8-4-3-5-9-23)30(35)25-13-15-26(16-14-25)39(36,37)34-19-18-24-10-6-7-11-27(24)34/h3-17H,18-20H2,1-2H3. The van der Waals surface area contributed by atoms with Gasteiger partial charge >= 0.3 is 0 Å². The molecule has 1 aliphatic rings. The topological polar surface area (TPSA) is 70.6 Å². The number of anilines is 2. The van der Waals surface area contributed by atoms with E-state index in [-0.39, 0.29) is 10.8 Å². The molecule has 0 radical (unpaired) electrons. The molecule has 0 saturated carbocycles. The zero-order valence-corrected chi connectivity index (χ0v) is 23.3. The smallest absolute Gasteiger partial charge is 0.264 e. The highest BCUT2D eigenvalue weighted by Gasteiger charge is 2.31. The molecule has 1 amide bonds. The minimum atomic E-state index is -3.74. The minimum Gasteiger partial charge on any atom is -0.279 e. The van der Waals surface area contributed by atoms with Crippen LogP contribution in [0.1, 0.15) is 32.6 Å². The number of nitrogens with zero attached hydrogens (tertiary/aromatic N) is 3. The van der Waals surface area contributed by atoms with Gasteiger partial charge in [-0.15, -0.1) is 0 Å². The van der Waals surface area contributed by atoms with Crippen LogP contribution in [0.15, 0.2) is 95.9 Å². The zero-order chi connectivity index (χ0) is 27.1. The van der Waals surface area contributed by atoms with Crippen molar-refractivity contribution in [3.8, 4) is 0 Å². The molecule has 0 unspecified atom stereocenters. The molecule has 39 heavy (non-hydrogen) atoms. The maximum absolute atomic E-state index is 13.9. The molecular formula is C31H27N3O3S2. The van der Waals surface area contributed by atoms with Crippen molar-refractivity contribution in [1.82, 2.24) is 4.98 Å². The van der Waals surface area contributed by atoms with Crippen LogP contribution in [-0.2, 0) is 23.0 Å². The summed E-state index contributed by atoms with van der Waals surface area (Å²) >= 11 is 1.48. The molecule has 8 heteroatoms. The number of hydrogen-bond donors (Lipinski definition) is 0. The van der Waals surface area contributed by atoms with Crippen LogP contribution in [0, 0.1) is 13.8 Å². The molecule has 4 aromatic carbocycles. The number of carbonyl (C=O) groups is 1. The first-order chi connectivity index (χ1) is 18.8. The molecule has 1 aliphatic heterocycles. The molecular weight excluding hydrogens is 526 g/mol. The van der Waals surface area contributed by atoms with E-state index in [1.807, 2.05) is 67.6 Å². The van der Waals surface area contributed by atoms with E-state index in [4.69, 9.17) is 4.98 Å². The van der Waals surface area contributed by atoms with Crippen molar-refractivity contribution in [1.29, 1.82) is 0 Å². The van der Waals surface area contributed by atoms with E-state index in [1.54, 1.807) is 17.0 Å². The van der Waals surface area contributed by atoms with E-state index in [0.29, 0.717) is 35.9 Å². The summed E-state index contributed by atoms with van der Waals surface area (Å²) in [7, 11) is -3.74. The van der Waals surface area contributed by atoms with Crippen LogP contribution >= 0.6 is 11.3 Å². The molecule has 0 fully saturated rings. The summed E-state index contributed by atoms with van der Waals surface area (Å²) < 4.78 is 29.4. The normalized spacial score (nSPS) is 13.0. The van der Waals surface area contributed by atoms with E-state index in [2.05, 4.69) is 13.0 Å². The second-order valence-electron chi connectivity index (χ2n) is 9.71. The average Bonchev–Trinajstić information content (AvgIpc) is 3.60. The predicted molar refractivity (Wildman–Crippen MR) is 157 cm³/mol. The van der Waals surface area contributed by atoms with Crippen LogP contribution in [0.25, 0.3) is 10.2 Å². The van der Waals surface area contributed by atoms with E-state index in [0.717, 1.165) is 32.5 Å². The SMILES string of the molecule is Cc1ccc2sc(N(Cc3ccccc3)C(=O)c3ccc(S(=O)(=O)N4CCc5ccccc54)cc3)nc2c1C. The van der Waals surface area contributed by atoms with Gasteiger partial charge in [0.2, 0.25) is 0 Å². The van der Waals surface area contributed by atoms with Crippen molar-refractivity contribution < 1.29 is 13.2 Å². The molecule has 0 N–H and O–H groups in total. The second-order valence-corrected chi connectivity index (χ2v) is 12.6. The molecule has 0 saturated heterocycles. The molecule has 0 spiro atoms. The number of carbonyl (C=O) groups excluding carboxylic acids is 1. The largest absolute Gasteiger partial charge is 0.279 e. The Bertz CT molecular complexity index is 1800. The third-order valence-corrected chi connectivity index (χ3v) is 10.1. The van der Waals surface area contributed by atoms with Crippen molar-refractivity contribution >= 4 is 48.3 Å². The van der Waals surface area contributed by atoms with Gasteiger partial charge in [-0.25, -0.2) is 13.4 Å². The number of amides is 1. The van der Waals surface area contributed by atoms with Crippen LogP contribution in [0.3, 0.4) is 0 Å². The Labute approximate surface area is 232 Å². The second kappa shape index (κ2) is 9.94. The molecule has 1 aromatic heterocycles. The van der Waals surface area contributed by atoms with Gasteiger partial charge in [-0.05, 0) is 78.9 Å². The summed E-state index contributed by atoms with van der Waals surface area (Å²) in [4.78, 5) is 20.6.